The Morgan fingerprint density at radius 3 is 2.85 bits per heavy atom. The summed E-state index contributed by atoms with van der Waals surface area (Å²) in [7, 11) is 0. The molecule has 2 aromatic rings. The van der Waals surface area contributed by atoms with Gasteiger partial charge in [-0.1, -0.05) is 0 Å². The standard InChI is InChI=1S/C17H21N3O5S/c1-2-25-13(21)9-20-16(22)14-11-3-6-24-10-12(11)26-15(14)18-17(20)19-4-7-23-8-5-19/h2-10H2,1H3. The Balaban J connectivity index is 1.86. The number of morpholine rings is 1. The first-order chi connectivity index (χ1) is 12.7. The Labute approximate surface area is 154 Å². The van der Waals surface area contributed by atoms with Gasteiger partial charge in [0, 0.05) is 18.0 Å². The van der Waals surface area contributed by atoms with Crippen LogP contribution in [0.4, 0.5) is 5.95 Å². The van der Waals surface area contributed by atoms with Crippen LogP contribution in [0.5, 0.6) is 0 Å². The molecule has 0 aliphatic carbocycles. The quantitative estimate of drug-likeness (QED) is 0.731. The van der Waals surface area contributed by atoms with Gasteiger partial charge in [-0.3, -0.25) is 14.2 Å². The number of hydrogen-bond acceptors (Lipinski definition) is 8. The van der Waals surface area contributed by atoms with Crippen LogP contribution in [0.25, 0.3) is 10.2 Å². The first-order valence-corrected chi connectivity index (χ1v) is 9.61. The first-order valence-electron chi connectivity index (χ1n) is 8.80. The molecule has 0 saturated carbocycles. The van der Waals surface area contributed by atoms with Crippen LogP contribution < -0.4 is 10.5 Å². The largest absolute Gasteiger partial charge is 0.465 e. The van der Waals surface area contributed by atoms with Gasteiger partial charge in [-0.2, -0.15) is 0 Å². The van der Waals surface area contributed by atoms with E-state index in [0.29, 0.717) is 62.1 Å². The number of carbonyl (C=O) groups excluding carboxylic acids is 1. The van der Waals surface area contributed by atoms with E-state index in [1.165, 1.54) is 15.9 Å². The summed E-state index contributed by atoms with van der Waals surface area (Å²) < 4.78 is 17.4. The summed E-state index contributed by atoms with van der Waals surface area (Å²) in [5, 5.41) is 0.620. The van der Waals surface area contributed by atoms with Crippen molar-refractivity contribution in [3.63, 3.8) is 0 Å². The lowest BCUT2D eigenvalue weighted by molar-refractivity contribution is -0.143. The minimum atomic E-state index is -0.433. The highest BCUT2D eigenvalue weighted by Gasteiger charge is 2.26. The summed E-state index contributed by atoms with van der Waals surface area (Å²) >= 11 is 1.51. The Bertz CT molecular complexity index is 885. The Kier molecular flexibility index (Phi) is 4.92. The number of aromatic nitrogens is 2. The van der Waals surface area contributed by atoms with Gasteiger partial charge >= 0.3 is 5.97 Å². The smallest absolute Gasteiger partial charge is 0.326 e. The summed E-state index contributed by atoms with van der Waals surface area (Å²) in [6.07, 6.45) is 0.697. The molecule has 4 rings (SSSR count). The number of nitrogens with zero attached hydrogens (tertiary/aromatic N) is 3. The van der Waals surface area contributed by atoms with Crippen LogP contribution in [-0.4, -0.2) is 55.0 Å². The second kappa shape index (κ2) is 7.34. The minimum absolute atomic E-state index is 0.135. The van der Waals surface area contributed by atoms with Crippen LogP contribution in [-0.2, 0) is 38.6 Å². The Morgan fingerprint density at radius 1 is 1.27 bits per heavy atom. The molecule has 8 nitrogen and oxygen atoms in total. The predicted octanol–water partition coefficient (Wildman–Crippen LogP) is 0.930. The van der Waals surface area contributed by atoms with E-state index in [4.69, 9.17) is 19.2 Å². The van der Waals surface area contributed by atoms with Crippen molar-refractivity contribution in [3.8, 4) is 0 Å². The fraction of sp³-hybridized carbons (Fsp3) is 0.588. The first kappa shape index (κ1) is 17.4. The SMILES string of the molecule is CCOC(=O)Cn1c(N2CCOCC2)nc2sc3c(c2c1=O)CCOC3. The van der Waals surface area contributed by atoms with Crippen LogP contribution >= 0.6 is 11.3 Å². The average molecular weight is 379 g/mol. The maximum Gasteiger partial charge on any atom is 0.326 e. The number of thiophene rings is 1. The third kappa shape index (κ3) is 3.10. The molecule has 0 unspecified atom stereocenters. The van der Waals surface area contributed by atoms with E-state index < -0.39 is 5.97 Å². The third-order valence-corrected chi connectivity index (χ3v) is 5.69. The molecule has 0 spiro atoms. The van der Waals surface area contributed by atoms with Crippen molar-refractivity contribution in [1.29, 1.82) is 0 Å². The van der Waals surface area contributed by atoms with E-state index in [1.54, 1.807) is 6.92 Å². The van der Waals surface area contributed by atoms with Gasteiger partial charge in [-0.05, 0) is 18.9 Å². The minimum Gasteiger partial charge on any atom is -0.465 e. The number of rotatable bonds is 4. The monoisotopic (exact) mass is 379 g/mol. The molecule has 0 amide bonds. The molecule has 1 saturated heterocycles. The number of carbonyl (C=O) groups is 1. The lowest BCUT2D eigenvalue weighted by Crippen LogP contribution is -2.41. The van der Waals surface area contributed by atoms with Crippen LogP contribution in [0.2, 0.25) is 0 Å². The fourth-order valence-electron chi connectivity index (χ4n) is 3.38. The molecule has 0 aromatic carbocycles. The number of ether oxygens (including phenoxy) is 3. The van der Waals surface area contributed by atoms with Crippen LogP contribution in [0.1, 0.15) is 17.4 Å². The van der Waals surface area contributed by atoms with Crippen molar-refractivity contribution in [3.05, 3.63) is 20.8 Å². The Morgan fingerprint density at radius 2 is 2.08 bits per heavy atom. The molecule has 9 heteroatoms. The van der Waals surface area contributed by atoms with E-state index in [-0.39, 0.29) is 18.7 Å². The normalized spacial score (nSPS) is 17.3. The van der Waals surface area contributed by atoms with Crippen LogP contribution in [0.3, 0.4) is 0 Å². The van der Waals surface area contributed by atoms with Gasteiger partial charge in [0.15, 0.2) is 0 Å². The zero-order valence-corrected chi connectivity index (χ0v) is 15.5. The van der Waals surface area contributed by atoms with Crippen molar-refractivity contribution < 1.29 is 19.0 Å². The fourth-order valence-corrected chi connectivity index (χ4v) is 4.52. The molecule has 0 radical (unpaired) electrons. The molecule has 2 aliphatic heterocycles. The molecule has 2 aliphatic rings. The zero-order valence-electron chi connectivity index (χ0n) is 14.7. The summed E-state index contributed by atoms with van der Waals surface area (Å²) in [6, 6.07) is 0. The highest BCUT2D eigenvalue weighted by atomic mass is 32.1. The molecule has 2 aromatic heterocycles. The summed E-state index contributed by atoms with van der Waals surface area (Å²) in [5.74, 6) is 0.0797. The van der Waals surface area contributed by atoms with Crippen molar-refractivity contribution >= 4 is 33.5 Å². The number of anilines is 1. The maximum atomic E-state index is 13.3. The van der Waals surface area contributed by atoms with Gasteiger partial charge < -0.3 is 19.1 Å². The van der Waals surface area contributed by atoms with E-state index >= 15 is 0 Å². The van der Waals surface area contributed by atoms with Crippen molar-refractivity contribution in [2.45, 2.75) is 26.5 Å². The van der Waals surface area contributed by atoms with E-state index in [2.05, 4.69) is 0 Å². The second-order valence-electron chi connectivity index (χ2n) is 6.19. The average Bonchev–Trinajstić information content (AvgIpc) is 3.03. The van der Waals surface area contributed by atoms with Crippen molar-refractivity contribution in [1.82, 2.24) is 9.55 Å². The van der Waals surface area contributed by atoms with E-state index in [9.17, 15) is 9.59 Å². The van der Waals surface area contributed by atoms with E-state index in [1.807, 2.05) is 4.90 Å². The van der Waals surface area contributed by atoms with E-state index in [0.717, 1.165) is 10.4 Å². The van der Waals surface area contributed by atoms with Gasteiger partial charge in [0.25, 0.3) is 5.56 Å². The molecular weight excluding hydrogens is 358 g/mol. The van der Waals surface area contributed by atoms with Crippen molar-refractivity contribution in [2.75, 3.05) is 44.4 Å². The number of fused-ring (bicyclic) bond motifs is 3. The lowest BCUT2D eigenvalue weighted by atomic mass is 10.1. The summed E-state index contributed by atoms with van der Waals surface area (Å²) in [4.78, 5) is 33.9. The lowest BCUT2D eigenvalue weighted by Gasteiger charge is -2.29. The topological polar surface area (TPSA) is 82.9 Å². The van der Waals surface area contributed by atoms with Crippen molar-refractivity contribution in [2.24, 2.45) is 0 Å². The third-order valence-electron chi connectivity index (χ3n) is 4.59. The molecule has 0 atom stereocenters. The molecule has 4 heterocycles. The summed E-state index contributed by atoms with van der Waals surface area (Å²) in [5.41, 5.74) is 0.837. The molecule has 0 bridgehead atoms. The Hall–Kier alpha value is -1.97. The zero-order chi connectivity index (χ0) is 18.1. The van der Waals surface area contributed by atoms with Gasteiger partial charge in [-0.25, -0.2) is 4.98 Å². The van der Waals surface area contributed by atoms with Gasteiger partial charge in [0.1, 0.15) is 11.4 Å². The van der Waals surface area contributed by atoms with Crippen LogP contribution in [0.15, 0.2) is 4.79 Å². The second-order valence-corrected chi connectivity index (χ2v) is 7.28. The summed E-state index contributed by atoms with van der Waals surface area (Å²) in [6.45, 7) is 5.42. The van der Waals surface area contributed by atoms with Crippen LogP contribution in [0, 0.1) is 0 Å². The molecule has 140 valence electrons. The molecule has 26 heavy (non-hydrogen) atoms. The molecule has 0 N–H and O–H groups in total. The van der Waals surface area contributed by atoms with Gasteiger partial charge in [0.05, 0.1) is 38.4 Å². The highest BCUT2D eigenvalue weighted by Crippen LogP contribution is 2.32. The maximum absolute atomic E-state index is 13.3. The van der Waals surface area contributed by atoms with Gasteiger partial charge in [-0.15, -0.1) is 11.3 Å². The number of esters is 1. The predicted molar refractivity (Wildman–Crippen MR) is 96.9 cm³/mol. The highest BCUT2D eigenvalue weighted by molar-refractivity contribution is 7.18. The van der Waals surface area contributed by atoms with Gasteiger partial charge in [0.2, 0.25) is 5.95 Å². The number of hydrogen-bond donors (Lipinski definition) is 0. The molecular formula is C17H21N3O5S. The molecule has 1 fully saturated rings.